The zero-order valence-corrected chi connectivity index (χ0v) is 12.1. The highest BCUT2D eigenvalue weighted by atomic mass is 16.7. The lowest BCUT2D eigenvalue weighted by Crippen LogP contribution is -2.35. The molecule has 1 heterocycles. The summed E-state index contributed by atoms with van der Waals surface area (Å²) in [5.41, 5.74) is 1.18. The Labute approximate surface area is 128 Å². The van der Waals surface area contributed by atoms with Gasteiger partial charge in [-0.2, -0.15) is 0 Å². The summed E-state index contributed by atoms with van der Waals surface area (Å²) in [5, 5.41) is 10.8. The SMILES string of the molecule is O=C(O)COC(=O)NCC[C@H]1OC[C@H](c2ccccc2)CO1. The lowest BCUT2D eigenvalue weighted by molar-refractivity contribution is -0.188. The fourth-order valence-electron chi connectivity index (χ4n) is 2.10. The number of alkyl carbamates (subject to hydrolysis) is 1. The van der Waals surface area contributed by atoms with Gasteiger partial charge >= 0.3 is 12.1 Å². The fourth-order valence-corrected chi connectivity index (χ4v) is 2.10. The van der Waals surface area contributed by atoms with E-state index in [0.29, 0.717) is 26.2 Å². The molecule has 1 aromatic carbocycles. The molecule has 0 aliphatic carbocycles. The Morgan fingerprint density at radius 3 is 2.55 bits per heavy atom. The Hall–Kier alpha value is -2.12. The van der Waals surface area contributed by atoms with E-state index in [4.69, 9.17) is 14.6 Å². The number of hydrogen-bond donors (Lipinski definition) is 2. The molecule has 22 heavy (non-hydrogen) atoms. The summed E-state index contributed by atoms with van der Waals surface area (Å²) in [6, 6.07) is 10.0. The van der Waals surface area contributed by atoms with Crippen molar-refractivity contribution < 1.29 is 28.9 Å². The summed E-state index contributed by atoms with van der Waals surface area (Å²) in [7, 11) is 0. The van der Waals surface area contributed by atoms with Gasteiger partial charge in [-0.1, -0.05) is 30.3 Å². The minimum Gasteiger partial charge on any atom is -0.479 e. The van der Waals surface area contributed by atoms with Gasteiger partial charge < -0.3 is 24.6 Å². The van der Waals surface area contributed by atoms with Crippen LogP contribution in [-0.2, 0) is 19.0 Å². The van der Waals surface area contributed by atoms with Crippen molar-refractivity contribution in [1.29, 1.82) is 0 Å². The molecule has 2 rings (SSSR count). The number of carbonyl (C=O) groups is 2. The van der Waals surface area contributed by atoms with E-state index in [9.17, 15) is 9.59 Å². The fraction of sp³-hybridized carbons (Fsp3) is 0.467. The van der Waals surface area contributed by atoms with Gasteiger partial charge in [0.15, 0.2) is 12.9 Å². The maximum atomic E-state index is 11.1. The Kier molecular flexibility index (Phi) is 6.17. The lowest BCUT2D eigenvalue weighted by Gasteiger charge is -2.29. The molecule has 7 heteroatoms. The Balaban J connectivity index is 1.62. The molecule has 7 nitrogen and oxygen atoms in total. The second-order valence-electron chi connectivity index (χ2n) is 4.89. The predicted molar refractivity (Wildman–Crippen MR) is 76.5 cm³/mol. The molecule has 0 unspecified atom stereocenters. The third-order valence-electron chi connectivity index (χ3n) is 3.21. The van der Waals surface area contributed by atoms with Gasteiger partial charge in [0.1, 0.15) is 0 Å². The van der Waals surface area contributed by atoms with Crippen molar-refractivity contribution in [3.8, 4) is 0 Å². The molecule has 120 valence electrons. The summed E-state index contributed by atoms with van der Waals surface area (Å²) in [4.78, 5) is 21.4. The van der Waals surface area contributed by atoms with Gasteiger partial charge in [0.25, 0.3) is 0 Å². The molecule has 0 bridgehead atoms. The van der Waals surface area contributed by atoms with Crippen LogP contribution in [0.1, 0.15) is 17.9 Å². The van der Waals surface area contributed by atoms with Crippen molar-refractivity contribution >= 4 is 12.1 Å². The van der Waals surface area contributed by atoms with E-state index in [1.165, 1.54) is 5.56 Å². The first kappa shape index (κ1) is 16.3. The summed E-state index contributed by atoms with van der Waals surface area (Å²) in [6.45, 7) is 0.774. The number of ether oxygens (including phenoxy) is 3. The summed E-state index contributed by atoms with van der Waals surface area (Å²) in [5.74, 6) is -0.980. The van der Waals surface area contributed by atoms with Gasteiger partial charge in [0.2, 0.25) is 0 Å². The highest BCUT2D eigenvalue weighted by Gasteiger charge is 2.23. The number of carboxylic acid groups (broad SMARTS) is 1. The van der Waals surface area contributed by atoms with Crippen molar-refractivity contribution in [2.45, 2.75) is 18.6 Å². The number of carbonyl (C=O) groups excluding carboxylic acids is 1. The molecule has 1 aromatic rings. The van der Waals surface area contributed by atoms with Gasteiger partial charge in [0, 0.05) is 18.9 Å². The number of aliphatic carboxylic acids is 1. The first-order valence-corrected chi connectivity index (χ1v) is 7.05. The van der Waals surface area contributed by atoms with E-state index in [0.717, 1.165) is 0 Å². The molecule has 1 aliphatic rings. The summed E-state index contributed by atoms with van der Waals surface area (Å²) < 4.78 is 15.7. The number of rotatable bonds is 6. The lowest BCUT2D eigenvalue weighted by atomic mass is 10.0. The van der Waals surface area contributed by atoms with E-state index in [2.05, 4.69) is 10.1 Å². The van der Waals surface area contributed by atoms with Gasteiger partial charge in [0.05, 0.1) is 13.2 Å². The predicted octanol–water partition coefficient (Wildman–Crippen LogP) is 1.34. The molecule has 1 fully saturated rings. The first-order valence-electron chi connectivity index (χ1n) is 7.05. The maximum Gasteiger partial charge on any atom is 0.407 e. The van der Waals surface area contributed by atoms with E-state index < -0.39 is 18.7 Å². The standard InChI is InChI=1S/C15H19NO6/c17-13(18)10-22-15(19)16-7-6-14-20-8-12(9-21-14)11-4-2-1-3-5-11/h1-5,12,14H,6-10H2,(H,16,19)(H,17,18)/t12-,14-. The Morgan fingerprint density at radius 1 is 1.23 bits per heavy atom. The molecule has 0 aromatic heterocycles. The second-order valence-corrected chi connectivity index (χ2v) is 4.89. The molecule has 1 saturated heterocycles. The van der Waals surface area contributed by atoms with E-state index in [1.807, 2.05) is 30.3 Å². The zero-order valence-electron chi connectivity index (χ0n) is 12.1. The van der Waals surface area contributed by atoms with Crippen LogP contribution in [0.4, 0.5) is 4.79 Å². The highest BCUT2D eigenvalue weighted by molar-refractivity contribution is 5.73. The Bertz CT molecular complexity index is 484. The molecule has 2 N–H and O–H groups in total. The van der Waals surface area contributed by atoms with Crippen LogP contribution < -0.4 is 5.32 Å². The van der Waals surface area contributed by atoms with Crippen LogP contribution in [0.3, 0.4) is 0 Å². The molecule has 0 atom stereocenters. The third-order valence-corrected chi connectivity index (χ3v) is 3.21. The quantitative estimate of drug-likeness (QED) is 0.823. The van der Waals surface area contributed by atoms with Crippen LogP contribution in [0.5, 0.6) is 0 Å². The number of benzene rings is 1. The van der Waals surface area contributed by atoms with Crippen LogP contribution in [0.25, 0.3) is 0 Å². The summed E-state index contributed by atoms with van der Waals surface area (Å²) in [6.07, 6.45) is -0.663. The van der Waals surface area contributed by atoms with Crippen molar-refractivity contribution in [1.82, 2.24) is 5.32 Å². The van der Waals surface area contributed by atoms with Gasteiger partial charge in [-0.3, -0.25) is 0 Å². The molecule has 0 saturated carbocycles. The molecule has 0 radical (unpaired) electrons. The zero-order chi connectivity index (χ0) is 15.8. The minimum absolute atomic E-state index is 0.214. The number of hydrogen-bond acceptors (Lipinski definition) is 5. The minimum atomic E-state index is -1.19. The average Bonchev–Trinajstić information content (AvgIpc) is 2.54. The normalized spacial score (nSPS) is 21.1. The molecule has 1 aliphatic heterocycles. The topological polar surface area (TPSA) is 94.1 Å². The van der Waals surface area contributed by atoms with E-state index >= 15 is 0 Å². The van der Waals surface area contributed by atoms with Gasteiger partial charge in [-0.05, 0) is 5.56 Å². The van der Waals surface area contributed by atoms with E-state index in [1.54, 1.807) is 0 Å². The van der Waals surface area contributed by atoms with E-state index in [-0.39, 0.29) is 12.2 Å². The van der Waals surface area contributed by atoms with Crippen LogP contribution in [0, 0.1) is 0 Å². The van der Waals surface area contributed by atoms with Crippen molar-refractivity contribution in [2.24, 2.45) is 0 Å². The van der Waals surface area contributed by atoms with Crippen molar-refractivity contribution in [2.75, 3.05) is 26.4 Å². The maximum absolute atomic E-state index is 11.1. The van der Waals surface area contributed by atoms with Crippen LogP contribution in [0.2, 0.25) is 0 Å². The third kappa shape index (κ3) is 5.34. The number of nitrogens with one attached hydrogen (secondary N) is 1. The van der Waals surface area contributed by atoms with Crippen LogP contribution in [-0.4, -0.2) is 49.8 Å². The molecule has 1 amide bonds. The average molecular weight is 309 g/mol. The van der Waals surface area contributed by atoms with Crippen molar-refractivity contribution in [3.63, 3.8) is 0 Å². The largest absolute Gasteiger partial charge is 0.479 e. The van der Waals surface area contributed by atoms with Gasteiger partial charge in [-0.25, -0.2) is 9.59 Å². The first-order chi connectivity index (χ1) is 10.6. The molecular weight excluding hydrogens is 290 g/mol. The smallest absolute Gasteiger partial charge is 0.407 e. The summed E-state index contributed by atoms with van der Waals surface area (Å²) >= 11 is 0. The van der Waals surface area contributed by atoms with Gasteiger partial charge in [-0.15, -0.1) is 0 Å². The Morgan fingerprint density at radius 2 is 1.91 bits per heavy atom. The molecule has 0 spiro atoms. The molecular formula is C15H19NO6. The highest BCUT2D eigenvalue weighted by Crippen LogP contribution is 2.22. The van der Waals surface area contributed by atoms with Crippen LogP contribution >= 0.6 is 0 Å². The van der Waals surface area contributed by atoms with Crippen molar-refractivity contribution in [3.05, 3.63) is 35.9 Å². The number of carboxylic acids is 1. The van der Waals surface area contributed by atoms with Crippen LogP contribution in [0.15, 0.2) is 30.3 Å². The second kappa shape index (κ2) is 8.35. The number of amides is 1. The monoisotopic (exact) mass is 309 g/mol.